The smallest absolute Gasteiger partial charge is 0.255 e. The summed E-state index contributed by atoms with van der Waals surface area (Å²) >= 11 is 0. The van der Waals surface area contributed by atoms with Crippen LogP contribution in [0.5, 0.6) is 5.88 Å². The zero-order valence-electron chi connectivity index (χ0n) is 12.3. The van der Waals surface area contributed by atoms with E-state index >= 15 is 0 Å². The van der Waals surface area contributed by atoms with E-state index in [4.69, 9.17) is 9.47 Å². The van der Waals surface area contributed by atoms with Gasteiger partial charge in [-0.05, 0) is 6.07 Å². The van der Waals surface area contributed by atoms with Gasteiger partial charge in [0.1, 0.15) is 6.10 Å². The quantitative estimate of drug-likeness (QED) is 0.863. The van der Waals surface area contributed by atoms with Gasteiger partial charge < -0.3 is 19.7 Å². The van der Waals surface area contributed by atoms with E-state index in [-0.39, 0.29) is 24.5 Å². The van der Waals surface area contributed by atoms with Crippen LogP contribution in [0.25, 0.3) is 0 Å². The second-order valence-electron chi connectivity index (χ2n) is 5.39. The van der Waals surface area contributed by atoms with Gasteiger partial charge in [-0.3, -0.25) is 9.59 Å². The highest BCUT2D eigenvalue weighted by atomic mass is 16.5. The molecule has 0 aromatic carbocycles. The largest absolute Gasteiger partial charge is 0.474 e. The number of aromatic nitrogens is 1. The molecule has 1 aromatic heterocycles. The van der Waals surface area contributed by atoms with Crippen molar-refractivity contribution in [1.29, 1.82) is 0 Å². The van der Waals surface area contributed by atoms with Gasteiger partial charge in [0, 0.05) is 38.2 Å². The number of rotatable bonds is 3. The molecule has 0 spiro atoms. The van der Waals surface area contributed by atoms with Crippen LogP contribution in [0.1, 0.15) is 23.2 Å². The molecule has 2 saturated heterocycles. The van der Waals surface area contributed by atoms with E-state index in [1.807, 2.05) is 0 Å². The normalized spacial score (nSPS) is 19.6. The van der Waals surface area contributed by atoms with Gasteiger partial charge in [0.15, 0.2) is 0 Å². The number of ether oxygens (including phenoxy) is 2. The Hall–Kier alpha value is -2.15. The summed E-state index contributed by atoms with van der Waals surface area (Å²) in [5.41, 5.74) is 0.467. The molecule has 7 heteroatoms. The average Bonchev–Trinajstić information content (AvgIpc) is 2.56. The summed E-state index contributed by atoms with van der Waals surface area (Å²) in [5.74, 6) is 0.201. The first-order valence-corrected chi connectivity index (χ1v) is 7.49. The molecule has 2 aliphatic rings. The Balaban J connectivity index is 1.60. The number of carbonyl (C=O) groups is 2. The molecule has 118 valence electrons. The molecule has 0 saturated carbocycles. The Morgan fingerprint density at radius 1 is 1.36 bits per heavy atom. The van der Waals surface area contributed by atoms with Crippen LogP contribution in [0.2, 0.25) is 0 Å². The summed E-state index contributed by atoms with van der Waals surface area (Å²) in [4.78, 5) is 29.3. The van der Waals surface area contributed by atoms with Gasteiger partial charge in [-0.1, -0.05) is 0 Å². The topological polar surface area (TPSA) is 80.8 Å². The molecule has 7 nitrogen and oxygen atoms in total. The first-order valence-electron chi connectivity index (χ1n) is 7.49. The number of nitrogens with one attached hydrogen (secondary N) is 1. The lowest BCUT2D eigenvalue weighted by molar-refractivity contribution is -0.123. The molecule has 1 N–H and O–H groups in total. The standard InChI is InChI=1S/C15H19N3O4/c19-13-10-18(6-5-16-13)15(20)11-1-2-14(17-9-11)22-12-3-7-21-8-4-12/h1-2,9,12H,3-8,10H2,(H,16,19). The van der Waals surface area contributed by atoms with Crippen LogP contribution in [0.3, 0.4) is 0 Å². The average molecular weight is 305 g/mol. The molecule has 3 heterocycles. The summed E-state index contributed by atoms with van der Waals surface area (Å²) in [5, 5.41) is 2.69. The van der Waals surface area contributed by atoms with Gasteiger partial charge >= 0.3 is 0 Å². The van der Waals surface area contributed by atoms with Gasteiger partial charge in [0.05, 0.1) is 25.3 Å². The number of piperazine rings is 1. The van der Waals surface area contributed by atoms with Gasteiger partial charge in [-0.15, -0.1) is 0 Å². The van der Waals surface area contributed by atoms with E-state index < -0.39 is 0 Å². The lowest BCUT2D eigenvalue weighted by Gasteiger charge is -2.26. The summed E-state index contributed by atoms with van der Waals surface area (Å²) in [6.07, 6.45) is 3.33. The molecule has 0 atom stereocenters. The third-order valence-electron chi connectivity index (χ3n) is 3.76. The molecular weight excluding hydrogens is 286 g/mol. The number of nitrogens with zero attached hydrogens (tertiary/aromatic N) is 2. The van der Waals surface area contributed by atoms with Gasteiger partial charge in [-0.25, -0.2) is 4.98 Å². The third kappa shape index (κ3) is 3.54. The first kappa shape index (κ1) is 14.8. The zero-order valence-corrected chi connectivity index (χ0v) is 12.3. The third-order valence-corrected chi connectivity index (χ3v) is 3.76. The van der Waals surface area contributed by atoms with Crippen molar-refractivity contribution >= 4 is 11.8 Å². The second-order valence-corrected chi connectivity index (χ2v) is 5.39. The van der Waals surface area contributed by atoms with E-state index in [0.29, 0.717) is 37.7 Å². The Labute approximate surface area is 128 Å². The number of carbonyl (C=O) groups excluding carboxylic acids is 2. The van der Waals surface area contributed by atoms with Crippen molar-refractivity contribution in [3.05, 3.63) is 23.9 Å². The van der Waals surface area contributed by atoms with Gasteiger partial charge in [-0.2, -0.15) is 0 Å². The lowest BCUT2D eigenvalue weighted by atomic mass is 10.1. The minimum atomic E-state index is -0.181. The van der Waals surface area contributed by atoms with Gasteiger partial charge in [0.2, 0.25) is 11.8 Å². The highest BCUT2D eigenvalue weighted by molar-refractivity contribution is 5.96. The lowest BCUT2D eigenvalue weighted by Crippen LogP contribution is -2.49. The molecule has 1 aromatic rings. The Bertz CT molecular complexity index is 540. The fourth-order valence-electron chi connectivity index (χ4n) is 2.54. The molecule has 2 amide bonds. The minimum Gasteiger partial charge on any atom is -0.474 e. The van der Waals surface area contributed by atoms with Gasteiger partial charge in [0.25, 0.3) is 5.91 Å². The van der Waals surface area contributed by atoms with Crippen LogP contribution in [0, 0.1) is 0 Å². The predicted molar refractivity (Wildman–Crippen MR) is 77.6 cm³/mol. The molecular formula is C15H19N3O4. The maximum Gasteiger partial charge on any atom is 0.255 e. The van der Waals surface area contributed by atoms with Crippen LogP contribution in [0.15, 0.2) is 18.3 Å². The van der Waals surface area contributed by atoms with Crippen molar-refractivity contribution in [1.82, 2.24) is 15.2 Å². The molecule has 0 aliphatic carbocycles. The van der Waals surface area contributed by atoms with E-state index in [1.165, 1.54) is 11.1 Å². The maximum atomic E-state index is 12.3. The minimum absolute atomic E-state index is 0.0964. The summed E-state index contributed by atoms with van der Waals surface area (Å²) in [7, 11) is 0. The van der Waals surface area contributed by atoms with Crippen molar-refractivity contribution in [3.8, 4) is 5.88 Å². The number of amides is 2. The van der Waals surface area contributed by atoms with Crippen LogP contribution >= 0.6 is 0 Å². The highest BCUT2D eigenvalue weighted by Gasteiger charge is 2.22. The van der Waals surface area contributed by atoms with E-state index in [2.05, 4.69) is 10.3 Å². The summed E-state index contributed by atoms with van der Waals surface area (Å²) in [6, 6.07) is 3.39. The van der Waals surface area contributed by atoms with Crippen LogP contribution in [-0.2, 0) is 9.53 Å². The van der Waals surface area contributed by atoms with Crippen molar-refractivity contribution in [2.75, 3.05) is 32.8 Å². The van der Waals surface area contributed by atoms with Crippen molar-refractivity contribution in [3.63, 3.8) is 0 Å². The number of pyridine rings is 1. The Morgan fingerprint density at radius 3 is 2.86 bits per heavy atom. The molecule has 0 unspecified atom stereocenters. The highest BCUT2D eigenvalue weighted by Crippen LogP contribution is 2.16. The van der Waals surface area contributed by atoms with E-state index in [9.17, 15) is 9.59 Å². The first-order chi connectivity index (χ1) is 10.7. The molecule has 22 heavy (non-hydrogen) atoms. The van der Waals surface area contributed by atoms with Crippen LogP contribution in [-0.4, -0.2) is 60.7 Å². The maximum absolute atomic E-state index is 12.3. The van der Waals surface area contributed by atoms with E-state index in [0.717, 1.165) is 12.8 Å². The van der Waals surface area contributed by atoms with E-state index in [1.54, 1.807) is 12.1 Å². The van der Waals surface area contributed by atoms with Crippen molar-refractivity contribution < 1.29 is 19.1 Å². The Morgan fingerprint density at radius 2 is 2.18 bits per heavy atom. The predicted octanol–water partition coefficient (Wildman–Crippen LogP) is 0.211. The summed E-state index contributed by atoms with van der Waals surface area (Å²) in [6.45, 7) is 2.52. The Kier molecular flexibility index (Phi) is 4.53. The zero-order chi connectivity index (χ0) is 15.4. The van der Waals surface area contributed by atoms with Crippen LogP contribution in [0.4, 0.5) is 0 Å². The molecule has 3 rings (SSSR count). The molecule has 0 radical (unpaired) electrons. The second kappa shape index (κ2) is 6.74. The van der Waals surface area contributed by atoms with Crippen LogP contribution < -0.4 is 10.1 Å². The molecule has 2 fully saturated rings. The summed E-state index contributed by atoms with van der Waals surface area (Å²) < 4.78 is 11.1. The van der Waals surface area contributed by atoms with Crippen molar-refractivity contribution in [2.45, 2.75) is 18.9 Å². The monoisotopic (exact) mass is 305 g/mol. The number of hydrogen-bond donors (Lipinski definition) is 1. The molecule has 2 aliphatic heterocycles. The van der Waals surface area contributed by atoms with Crippen molar-refractivity contribution in [2.24, 2.45) is 0 Å². The number of hydrogen-bond acceptors (Lipinski definition) is 5. The molecule has 0 bridgehead atoms. The fraction of sp³-hybridized carbons (Fsp3) is 0.533. The SMILES string of the molecule is O=C1CN(C(=O)c2ccc(OC3CCOCC3)nc2)CCN1. The fourth-order valence-corrected chi connectivity index (χ4v) is 2.54.